The van der Waals surface area contributed by atoms with E-state index in [1.165, 1.54) is 23.1 Å². The van der Waals surface area contributed by atoms with E-state index in [0.717, 1.165) is 0 Å². The largest absolute Gasteiger partial charge is 0.0622 e. The molecule has 1 aliphatic carbocycles. The predicted molar refractivity (Wildman–Crippen MR) is 77.0 cm³/mol. The molecule has 1 aliphatic rings. The van der Waals surface area contributed by atoms with Crippen LogP contribution in [0.4, 0.5) is 0 Å². The first kappa shape index (κ1) is 11.5. The van der Waals surface area contributed by atoms with Crippen LogP contribution in [0.3, 0.4) is 0 Å². The molecule has 2 aromatic carbocycles. The standard InChI is InChI=1S/C18H20/c1-17(2)13-18(3,14-9-5-4-6-10-14)16-12-8-7-11-15(16)17/h4-12H,13H2,1-3H3/t18-/m1/s1. The number of hydrogen-bond acceptors (Lipinski definition) is 0. The van der Waals surface area contributed by atoms with Gasteiger partial charge in [0.15, 0.2) is 0 Å². The van der Waals surface area contributed by atoms with Crippen LogP contribution in [0, 0.1) is 0 Å². The van der Waals surface area contributed by atoms with Crippen LogP contribution in [0.25, 0.3) is 0 Å². The van der Waals surface area contributed by atoms with Gasteiger partial charge in [0.05, 0.1) is 0 Å². The topological polar surface area (TPSA) is 0 Å². The van der Waals surface area contributed by atoms with Crippen molar-refractivity contribution in [2.45, 2.75) is 38.0 Å². The van der Waals surface area contributed by atoms with E-state index in [-0.39, 0.29) is 10.8 Å². The Kier molecular flexibility index (Phi) is 2.38. The van der Waals surface area contributed by atoms with Crippen molar-refractivity contribution in [3.63, 3.8) is 0 Å². The van der Waals surface area contributed by atoms with Crippen LogP contribution in [0.2, 0.25) is 0 Å². The molecule has 0 radical (unpaired) electrons. The smallest absolute Gasteiger partial charge is 0.0185 e. The first-order chi connectivity index (χ1) is 8.54. The molecule has 92 valence electrons. The number of fused-ring (bicyclic) bond motifs is 1. The molecule has 3 rings (SSSR count). The number of benzene rings is 2. The Labute approximate surface area is 110 Å². The zero-order valence-corrected chi connectivity index (χ0v) is 11.4. The lowest BCUT2D eigenvalue weighted by molar-refractivity contribution is 0.425. The second kappa shape index (κ2) is 3.71. The third-order valence-electron chi connectivity index (χ3n) is 4.46. The molecule has 0 spiro atoms. The van der Waals surface area contributed by atoms with Crippen LogP contribution in [-0.4, -0.2) is 0 Å². The highest BCUT2D eigenvalue weighted by molar-refractivity contribution is 5.51. The van der Waals surface area contributed by atoms with E-state index >= 15 is 0 Å². The Morgan fingerprint density at radius 1 is 0.722 bits per heavy atom. The molecule has 1 atom stereocenters. The van der Waals surface area contributed by atoms with E-state index in [2.05, 4.69) is 75.4 Å². The first-order valence-electron chi connectivity index (χ1n) is 6.70. The molecule has 0 saturated heterocycles. The molecule has 0 N–H and O–H groups in total. The Bertz CT molecular complexity index is 566. The molecule has 0 aromatic heterocycles. The fourth-order valence-corrected chi connectivity index (χ4v) is 3.69. The van der Waals surface area contributed by atoms with Gasteiger partial charge in [0.25, 0.3) is 0 Å². The molecule has 0 heterocycles. The van der Waals surface area contributed by atoms with Crippen LogP contribution >= 0.6 is 0 Å². The van der Waals surface area contributed by atoms with E-state index in [1.807, 2.05) is 0 Å². The third-order valence-corrected chi connectivity index (χ3v) is 4.46. The SMILES string of the molecule is CC1(C)C[C@](C)(c2ccccc2)c2ccccc21. The average Bonchev–Trinajstić information content (AvgIpc) is 2.60. The highest BCUT2D eigenvalue weighted by Gasteiger charge is 2.45. The van der Waals surface area contributed by atoms with Crippen molar-refractivity contribution in [3.8, 4) is 0 Å². The molecule has 0 unspecified atom stereocenters. The summed E-state index contributed by atoms with van der Waals surface area (Å²) in [5, 5.41) is 0. The van der Waals surface area contributed by atoms with Crippen molar-refractivity contribution < 1.29 is 0 Å². The van der Waals surface area contributed by atoms with Gasteiger partial charge in [0.2, 0.25) is 0 Å². The van der Waals surface area contributed by atoms with E-state index in [4.69, 9.17) is 0 Å². The summed E-state index contributed by atoms with van der Waals surface area (Å²) in [5.41, 5.74) is 4.86. The molecule has 0 nitrogen and oxygen atoms in total. The van der Waals surface area contributed by atoms with Crippen molar-refractivity contribution in [1.29, 1.82) is 0 Å². The molecule has 0 aliphatic heterocycles. The minimum Gasteiger partial charge on any atom is -0.0622 e. The Hall–Kier alpha value is -1.56. The van der Waals surface area contributed by atoms with Gasteiger partial charge < -0.3 is 0 Å². The predicted octanol–water partition coefficient (Wildman–Crippen LogP) is 4.67. The van der Waals surface area contributed by atoms with Gasteiger partial charge in [-0.05, 0) is 28.5 Å². The van der Waals surface area contributed by atoms with Crippen LogP contribution in [0.5, 0.6) is 0 Å². The van der Waals surface area contributed by atoms with Crippen molar-refractivity contribution >= 4 is 0 Å². The maximum absolute atomic E-state index is 2.38. The average molecular weight is 236 g/mol. The molecule has 0 saturated carbocycles. The summed E-state index contributed by atoms with van der Waals surface area (Å²) in [6.45, 7) is 7.11. The number of rotatable bonds is 1. The van der Waals surface area contributed by atoms with E-state index < -0.39 is 0 Å². The molecule has 18 heavy (non-hydrogen) atoms. The Morgan fingerprint density at radius 3 is 1.94 bits per heavy atom. The van der Waals surface area contributed by atoms with Gasteiger partial charge in [0.1, 0.15) is 0 Å². The minimum atomic E-state index is 0.154. The normalized spacial score (nSPS) is 24.8. The summed E-state index contributed by atoms with van der Waals surface area (Å²) < 4.78 is 0. The fourth-order valence-electron chi connectivity index (χ4n) is 3.69. The third kappa shape index (κ3) is 1.52. The lowest BCUT2D eigenvalue weighted by Gasteiger charge is -2.28. The fraction of sp³-hybridized carbons (Fsp3) is 0.333. The zero-order valence-electron chi connectivity index (χ0n) is 11.4. The Balaban J connectivity index is 2.22. The van der Waals surface area contributed by atoms with Gasteiger partial charge in [-0.2, -0.15) is 0 Å². The van der Waals surface area contributed by atoms with Crippen LogP contribution < -0.4 is 0 Å². The maximum atomic E-state index is 2.38. The van der Waals surface area contributed by atoms with Gasteiger partial charge in [-0.25, -0.2) is 0 Å². The molecular formula is C18H20. The lowest BCUT2D eigenvalue weighted by Crippen LogP contribution is -2.23. The van der Waals surface area contributed by atoms with Crippen LogP contribution in [-0.2, 0) is 10.8 Å². The quantitative estimate of drug-likeness (QED) is 0.674. The van der Waals surface area contributed by atoms with Crippen molar-refractivity contribution in [2.24, 2.45) is 0 Å². The lowest BCUT2D eigenvalue weighted by atomic mass is 9.75. The van der Waals surface area contributed by atoms with E-state index in [1.54, 1.807) is 0 Å². The second-order valence-electron chi connectivity index (χ2n) is 6.30. The second-order valence-corrected chi connectivity index (χ2v) is 6.30. The summed E-state index contributed by atoms with van der Waals surface area (Å²) in [5.74, 6) is 0. The summed E-state index contributed by atoms with van der Waals surface area (Å²) in [4.78, 5) is 0. The van der Waals surface area contributed by atoms with Crippen LogP contribution in [0.15, 0.2) is 54.6 Å². The Morgan fingerprint density at radius 2 is 1.28 bits per heavy atom. The molecule has 0 bridgehead atoms. The number of hydrogen-bond donors (Lipinski definition) is 0. The van der Waals surface area contributed by atoms with Gasteiger partial charge in [-0.3, -0.25) is 0 Å². The van der Waals surface area contributed by atoms with E-state index in [9.17, 15) is 0 Å². The van der Waals surface area contributed by atoms with Gasteiger partial charge >= 0.3 is 0 Å². The summed E-state index contributed by atoms with van der Waals surface area (Å²) in [6.07, 6.45) is 1.18. The zero-order chi connectivity index (χ0) is 12.8. The highest BCUT2D eigenvalue weighted by Crippen LogP contribution is 2.52. The molecule has 0 fully saturated rings. The van der Waals surface area contributed by atoms with Crippen molar-refractivity contribution in [1.82, 2.24) is 0 Å². The molecule has 0 amide bonds. The summed E-state index contributed by atoms with van der Waals surface area (Å²) in [6, 6.07) is 19.8. The van der Waals surface area contributed by atoms with E-state index in [0.29, 0.717) is 0 Å². The minimum absolute atomic E-state index is 0.154. The first-order valence-corrected chi connectivity index (χ1v) is 6.70. The summed E-state index contributed by atoms with van der Waals surface area (Å²) >= 11 is 0. The monoisotopic (exact) mass is 236 g/mol. The maximum Gasteiger partial charge on any atom is 0.0185 e. The van der Waals surface area contributed by atoms with Gasteiger partial charge in [-0.1, -0.05) is 75.4 Å². The van der Waals surface area contributed by atoms with Crippen LogP contribution in [0.1, 0.15) is 43.9 Å². The molecule has 2 aromatic rings. The van der Waals surface area contributed by atoms with Gasteiger partial charge in [-0.15, -0.1) is 0 Å². The molecule has 0 heteroatoms. The molecular weight excluding hydrogens is 216 g/mol. The highest BCUT2D eigenvalue weighted by atomic mass is 14.5. The summed E-state index contributed by atoms with van der Waals surface area (Å²) in [7, 11) is 0. The van der Waals surface area contributed by atoms with Crippen molar-refractivity contribution in [3.05, 3.63) is 71.3 Å². The van der Waals surface area contributed by atoms with Gasteiger partial charge in [0, 0.05) is 5.41 Å². The van der Waals surface area contributed by atoms with Crippen molar-refractivity contribution in [2.75, 3.05) is 0 Å².